The molecule has 0 radical (unpaired) electrons. The molecule has 1 heterocycles. The first-order valence-corrected chi connectivity index (χ1v) is 4.77. The molecule has 0 aliphatic carbocycles. The third kappa shape index (κ3) is 3.69. The van der Waals surface area contributed by atoms with Crippen molar-refractivity contribution in [1.82, 2.24) is 4.57 Å². The first kappa shape index (κ1) is 15.0. The molecule has 0 N–H and O–H groups in total. The Morgan fingerprint density at radius 1 is 1.06 bits per heavy atom. The molecule has 0 aliphatic heterocycles. The Bertz CT molecular complexity index is 582. The molecule has 0 fully saturated rings. The van der Waals surface area contributed by atoms with Crippen LogP contribution in [0.2, 0.25) is 0 Å². The maximum Gasteiger partial charge on any atom is 1.00 e. The molecule has 2 nitrogen and oxygen atoms in total. The predicted molar refractivity (Wildman–Crippen MR) is 57.3 cm³/mol. The summed E-state index contributed by atoms with van der Waals surface area (Å²) >= 11 is 0. The topological polar surface area (TPSA) is 22.0 Å². The van der Waals surface area contributed by atoms with Crippen LogP contribution in [-0.4, -0.2) is 11.5 Å². The van der Waals surface area contributed by atoms with Crippen LogP contribution >= 0.6 is 0 Å². The number of aromatic nitrogens is 1. The maximum absolute atomic E-state index is 12.4. The van der Waals surface area contributed by atoms with Crippen LogP contribution in [0.5, 0.6) is 0 Å². The van der Waals surface area contributed by atoms with E-state index >= 15 is 0 Å². The Kier molecular flexibility index (Phi) is 5.03. The number of pyridine rings is 1. The Labute approximate surface area is 138 Å². The summed E-state index contributed by atoms with van der Waals surface area (Å²) in [5.41, 5.74) is -0.313. The quantitative estimate of drug-likeness (QED) is 0.664. The molecule has 2 aromatic rings. The van der Waals surface area contributed by atoms with Crippen LogP contribution in [0, 0.1) is 0 Å². The molecule has 0 bridgehead atoms. The molecule has 2 rings (SSSR count). The van der Waals surface area contributed by atoms with Gasteiger partial charge < -0.3 is 17.5 Å². The van der Waals surface area contributed by atoms with Gasteiger partial charge in [-0.1, -0.05) is 18.2 Å². The van der Waals surface area contributed by atoms with Gasteiger partial charge in [0, 0.05) is 11.6 Å². The first-order chi connectivity index (χ1) is 7.47. The first-order valence-electron chi connectivity index (χ1n) is 4.77. The van der Waals surface area contributed by atoms with E-state index in [2.05, 4.69) is 0 Å². The summed E-state index contributed by atoms with van der Waals surface area (Å²) in [5, 5.41) is 0.627. The van der Waals surface area contributed by atoms with Crippen LogP contribution in [-0.2, 0) is 6.44 Å². The largest absolute Gasteiger partial charge is 1.00 e. The van der Waals surface area contributed by atoms with Crippen LogP contribution in [0.25, 0.3) is 10.9 Å². The summed E-state index contributed by atoms with van der Waals surface area (Å²) < 4.78 is 37.8. The van der Waals surface area contributed by atoms with Crippen LogP contribution < -0.4 is 56.9 Å². The second-order valence-corrected chi connectivity index (χ2v) is 3.55. The monoisotopic (exact) mass is 265 g/mol. The number of benzene rings is 1. The fraction of sp³-hybridized carbons (Fsp3) is 0.100. The van der Waals surface area contributed by atoms with Gasteiger partial charge in [0.1, 0.15) is 0 Å². The van der Waals surface area contributed by atoms with Crippen molar-refractivity contribution < 1.29 is 64.3 Å². The molecule has 0 atom stereocenters. The molecule has 0 amide bonds. The molecule has 0 saturated heterocycles. The molecule has 84 valence electrons. The van der Waals surface area contributed by atoms with Crippen LogP contribution in [0.3, 0.4) is 0 Å². The zero-order valence-electron chi connectivity index (χ0n) is 9.24. The smallest absolute Gasteiger partial charge is 0.448 e. The summed E-state index contributed by atoms with van der Waals surface area (Å²) in [6.07, 6.45) is -1.19. The molecule has 17 heavy (non-hydrogen) atoms. The third-order valence-electron chi connectivity index (χ3n) is 2.29. The van der Waals surface area contributed by atoms with Gasteiger partial charge in [0.05, 0.1) is 0 Å². The third-order valence-corrected chi connectivity index (χ3v) is 2.29. The summed E-state index contributed by atoms with van der Waals surface area (Å²) in [6.45, 7) is -5.02. The van der Waals surface area contributed by atoms with E-state index in [1.807, 2.05) is 0 Å². The number of hydrogen-bond acceptors (Lipinski definition) is 1. The second-order valence-electron chi connectivity index (χ2n) is 3.55. The second kappa shape index (κ2) is 5.71. The van der Waals surface area contributed by atoms with Crippen molar-refractivity contribution in [3.63, 3.8) is 0 Å². The maximum atomic E-state index is 12.4. The zero-order valence-corrected chi connectivity index (χ0v) is 12.4. The van der Waals surface area contributed by atoms with Gasteiger partial charge >= 0.3 is 58.4 Å². The van der Waals surface area contributed by atoms with Crippen molar-refractivity contribution in [3.8, 4) is 0 Å². The van der Waals surface area contributed by atoms with Crippen LogP contribution in [0.1, 0.15) is 0 Å². The Morgan fingerprint density at radius 3 is 2.35 bits per heavy atom. The average Bonchev–Trinajstić information content (AvgIpc) is 2.21. The zero-order chi connectivity index (χ0) is 11.8. The average molecular weight is 265 g/mol. The number of halogens is 3. The fourth-order valence-corrected chi connectivity index (χ4v) is 1.64. The number of rotatable bonds is 2. The van der Waals surface area contributed by atoms with Gasteiger partial charge in [0.25, 0.3) is 0 Å². The van der Waals surface area contributed by atoms with E-state index in [4.69, 9.17) is 0 Å². The van der Waals surface area contributed by atoms with Crippen molar-refractivity contribution in [2.75, 3.05) is 0 Å². The number of nitrogens with zero attached hydrogens (tertiary/aromatic N) is 1. The number of para-hydroxylation sites is 1. The van der Waals surface area contributed by atoms with Crippen molar-refractivity contribution in [1.29, 1.82) is 0 Å². The minimum atomic E-state index is -5.02. The standard InChI is InChI=1S/C10H8BF3NO.K/c12-11(13,14)7-15-9-4-2-1-3-8(9)5-6-10(15)16;/h1-6H,7H2;/q-1;+1. The van der Waals surface area contributed by atoms with Crippen molar-refractivity contribution >= 4 is 17.9 Å². The number of hydrogen-bond donors (Lipinski definition) is 0. The summed E-state index contributed by atoms with van der Waals surface area (Å²) in [6, 6.07) is 9.20. The molecule has 0 aliphatic rings. The van der Waals surface area contributed by atoms with E-state index in [9.17, 15) is 17.7 Å². The van der Waals surface area contributed by atoms with E-state index in [1.165, 1.54) is 12.1 Å². The molecule has 1 aromatic heterocycles. The van der Waals surface area contributed by atoms with Gasteiger partial charge in [-0.2, -0.15) is 0 Å². The SMILES string of the molecule is O=c1ccc2ccccc2n1C[B-](F)(F)F.[K+]. The van der Waals surface area contributed by atoms with Crippen LogP contribution in [0.15, 0.2) is 41.2 Å². The fourth-order valence-electron chi connectivity index (χ4n) is 1.64. The van der Waals surface area contributed by atoms with Gasteiger partial charge in [0.15, 0.2) is 0 Å². The van der Waals surface area contributed by atoms with Gasteiger partial charge in [-0.25, -0.2) is 0 Å². The molecular formula is C10H8BF3KNO. The van der Waals surface area contributed by atoms with E-state index < -0.39 is 19.0 Å². The van der Waals surface area contributed by atoms with E-state index in [-0.39, 0.29) is 51.4 Å². The molecule has 0 spiro atoms. The Balaban J connectivity index is 0.00000144. The summed E-state index contributed by atoms with van der Waals surface area (Å²) in [7, 11) is 0. The molecule has 7 heteroatoms. The van der Waals surface area contributed by atoms with Crippen molar-refractivity contribution in [2.24, 2.45) is 0 Å². The minimum absolute atomic E-state index is 0. The normalized spacial score (nSPS) is 11.2. The van der Waals surface area contributed by atoms with Crippen molar-refractivity contribution in [2.45, 2.75) is 6.44 Å². The molecular weight excluding hydrogens is 257 g/mol. The molecule has 0 unspecified atom stereocenters. The number of fused-ring (bicyclic) bond motifs is 1. The Morgan fingerprint density at radius 2 is 1.71 bits per heavy atom. The molecule has 0 saturated carbocycles. The Hall–Kier alpha value is -0.0787. The van der Waals surface area contributed by atoms with Gasteiger partial charge in [-0.3, -0.25) is 4.79 Å². The van der Waals surface area contributed by atoms with Crippen LogP contribution in [0.4, 0.5) is 12.9 Å². The molecule has 1 aromatic carbocycles. The van der Waals surface area contributed by atoms with E-state index in [1.54, 1.807) is 18.2 Å². The van der Waals surface area contributed by atoms with Gasteiger partial charge in [0.2, 0.25) is 5.56 Å². The van der Waals surface area contributed by atoms with Gasteiger partial charge in [-0.15, -0.1) is 0 Å². The minimum Gasteiger partial charge on any atom is -0.448 e. The van der Waals surface area contributed by atoms with Crippen molar-refractivity contribution in [3.05, 3.63) is 46.8 Å². The summed E-state index contributed by atoms with van der Waals surface area (Å²) in [5.74, 6) is 0. The van der Waals surface area contributed by atoms with Gasteiger partial charge in [-0.05, 0) is 24.0 Å². The van der Waals surface area contributed by atoms with E-state index in [0.29, 0.717) is 10.9 Å². The van der Waals surface area contributed by atoms with E-state index in [0.717, 1.165) is 10.6 Å². The predicted octanol–water partition coefficient (Wildman–Crippen LogP) is -0.608. The summed E-state index contributed by atoms with van der Waals surface area (Å²) in [4.78, 5) is 11.4.